The monoisotopic (exact) mass is 438 g/mol. The molecule has 2 aromatic carbocycles. The summed E-state index contributed by atoms with van der Waals surface area (Å²) in [6.45, 7) is 1.29. The van der Waals surface area contributed by atoms with Gasteiger partial charge in [-0.2, -0.15) is 0 Å². The number of hydrogen-bond acceptors (Lipinski definition) is 3. The van der Waals surface area contributed by atoms with Crippen LogP contribution in [0.1, 0.15) is 28.8 Å². The van der Waals surface area contributed by atoms with Gasteiger partial charge in [-0.15, -0.1) is 11.3 Å². The normalized spacial score (nSPS) is 14.5. The number of halogens is 1. The van der Waals surface area contributed by atoms with Crippen molar-refractivity contribution in [2.75, 3.05) is 13.1 Å². The largest absolute Gasteiger partial charge is 0.353 e. The molecule has 4 nitrogen and oxygen atoms in total. The van der Waals surface area contributed by atoms with Crippen molar-refractivity contribution < 1.29 is 9.59 Å². The summed E-state index contributed by atoms with van der Waals surface area (Å²) in [6.07, 6.45) is 1.84. The van der Waals surface area contributed by atoms with Gasteiger partial charge in [-0.1, -0.05) is 41.9 Å². The van der Waals surface area contributed by atoms with Crippen molar-refractivity contribution in [1.29, 1.82) is 0 Å². The first-order valence-corrected chi connectivity index (χ1v) is 11.3. The van der Waals surface area contributed by atoms with Gasteiger partial charge in [0.2, 0.25) is 5.91 Å². The molecule has 1 fully saturated rings. The number of thiophene rings is 1. The van der Waals surface area contributed by atoms with Crippen LogP contribution in [0.4, 0.5) is 0 Å². The minimum absolute atomic E-state index is 0.00814. The zero-order valence-electron chi connectivity index (χ0n) is 16.5. The maximum atomic E-state index is 12.8. The van der Waals surface area contributed by atoms with Crippen molar-refractivity contribution in [1.82, 2.24) is 10.2 Å². The van der Waals surface area contributed by atoms with Crippen LogP contribution in [0, 0.1) is 0 Å². The maximum absolute atomic E-state index is 12.8. The third-order valence-corrected chi connectivity index (χ3v) is 6.49. The van der Waals surface area contributed by atoms with Crippen molar-refractivity contribution in [3.8, 4) is 10.4 Å². The lowest BCUT2D eigenvalue weighted by Gasteiger charge is -2.32. The highest BCUT2D eigenvalue weighted by atomic mass is 35.5. The Labute approximate surface area is 185 Å². The summed E-state index contributed by atoms with van der Waals surface area (Å²) >= 11 is 7.67. The molecule has 0 unspecified atom stereocenters. The van der Waals surface area contributed by atoms with Gasteiger partial charge in [-0.25, -0.2) is 0 Å². The summed E-state index contributed by atoms with van der Waals surface area (Å²) in [7, 11) is 0. The summed E-state index contributed by atoms with van der Waals surface area (Å²) in [4.78, 5) is 28.2. The average molecular weight is 439 g/mol. The molecule has 3 aromatic rings. The van der Waals surface area contributed by atoms with E-state index in [2.05, 4.69) is 11.4 Å². The molecule has 6 heteroatoms. The van der Waals surface area contributed by atoms with Gasteiger partial charge in [-0.05, 0) is 59.7 Å². The highest BCUT2D eigenvalue weighted by Crippen LogP contribution is 2.25. The van der Waals surface area contributed by atoms with E-state index in [-0.39, 0.29) is 17.9 Å². The second-order valence-electron chi connectivity index (χ2n) is 7.50. The molecular weight excluding hydrogens is 416 g/mol. The van der Waals surface area contributed by atoms with E-state index in [1.54, 1.807) is 17.4 Å². The number of piperidine rings is 1. The average Bonchev–Trinajstić information content (AvgIpc) is 3.29. The van der Waals surface area contributed by atoms with Gasteiger partial charge in [0.1, 0.15) is 0 Å². The van der Waals surface area contributed by atoms with E-state index in [1.165, 1.54) is 4.88 Å². The third-order valence-electron chi connectivity index (χ3n) is 5.34. The van der Waals surface area contributed by atoms with E-state index in [1.807, 2.05) is 58.8 Å². The molecule has 1 saturated heterocycles. The Morgan fingerprint density at radius 3 is 2.47 bits per heavy atom. The molecule has 1 aromatic heterocycles. The summed E-state index contributed by atoms with van der Waals surface area (Å²) in [5.74, 6) is 0.0441. The van der Waals surface area contributed by atoms with Crippen molar-refractivity contribution in [2.24, 2.45) is 0 Å². The second kappa shape index (κ2) is 9.45. The number of nitrogens with zero attached hydrogens (tertiary/aromatic N) is 1. The molecule has 1 N–H and O–H groups in total. The van der Waals surface area contributed by atoms with Gasteiger partial charge in [0, 0.05) is 34.6 Å². The quantitative estimate of drug-likeness (QED) is 0.607. The first-order chi connectivity index (χ1) is 14.6. The molecule has 154 valence electrons. The molecule has 30 heavy (non-hydrogen) atoms. The zero-order valence-corrected chi connectivity index (χ0v) is 18.1. The number of hydrogen-bond donors (Lipinski definition) is 1. The number of carbonyl (C=O) groups is 2. The van der Waals surface area contributed by atoms with Crippen LogP contribution in [0.15, 0.2) is 66.0 Å². The van der Waals surface area contributed by atoms with Crippen molar-refractivity contribution in [3.05, 3.63) is 82.2 Å². The summed E-state index contributed by atoms with van der Waals surface area (Å²) in [6, 6.07) is 19.4. The van der Waals surface area contributed by atoms with Crippen LogP contribution in [-0.2, 0) is 11.2 Å². The van der Waals surface area contributed by atoms with E-state index in [0.717, 1.165) is 24.0 Å². The van der Waals surface area contributed by atoms with E-state index in [0.29, 0.717) is 30.1 Å². The van der Waals surface area contributed by atoms with Crippen LogP contribution in [0.5, 0.6) is 0 Å². The third kappa shape index (κ3) is 5.10. The Balaban J connectivity index is 1.27. The Bertz CT molecular complexity index is 1010. The highest BCUT2D eigenvalue weighted by molar-refractivity contribution is 7.13. The van der Waals surface area contributed by atoms with Crippen molar-refractivity contribution in [3.63, 3.8) is 0 Å². The van der Waals surface area contributed by atoms with Gasteiger partial charge >= 0.3 is 0 Å². The van der Waals surface area contributed by atoms with Gasteiger partial charge in [-0.3, -0.25) is 9.59 Å². The highest BCUT2D eigenvalue weighted by Gasteiger charge is 2.24. The van der Waals surface area contributed by atoms with E-state index >= 15 is 0 Å². The van der Waals surface area contributed by atoms with E-state index < -0.39 is 0 Å². The summed E-state index contributed by atoms with van der Waals surface area (Å²) < 4.78 is 0. The van der Waals surface area contributed by atoms with Crippen LogP contribution in [-0.4, -0.2) is 35.8 Å². The van der Waals surface area contributed by atoms with Gasteiger partial charge < -0.3 is 10.2 Å². The van der Waals surface area contributed by atoms with Crippen LogP contribution in [0.25, 0.3) is 10.4 Å². The molecule has 0 atom stereocenters. The summed E-state index contributed by atoms with van der Waals surface area (Å²) in [5, 5.41) is 5.77. The smallest absolute Gasteiger partial charge is 0.253 e. The number of amides is 2. The fraction of sp³-hybridized carbons (Fsp3) is 0.250. The van der Waals surface area contributed by atoms with Gasteiger partial charge in [0.15, 0.2) is 0 Å². The lowest BCUT2D eigenvalue weighted by molar-refractivity contribution is -0.121. The fourth-order valence-electron chi connectivity index (χ4n) is 3.74. The molecule has 0 bridgehead atoms. The molecule has 0 spiro atoms. The summed E-state index contributed by atoms with van der Waals surface area (Å²) in [5.41, 5.74) is 2.74. The number of rotatable bonds is 5. The number of carbonyl (C=O) groups excluding carboxylic acids is 2. The first-order valence-electron chi connectivity index (χ1n) is 10.1. The van der Waals surface area contributed by atoms with Crippen LogP contribution >= 0.6 is 22.9 Å². The van der Waals surface area contributed by atoms with Gasteiger partial charge in [0.05, 0.1) is 6.42 Å². The topological polar surface area (TPSA) is 49.4 Å². The SMILES string of the molecule is O=C(Cc1cccc(Cl)c1)NC1CCN(C(=O)c2ccc(-c3cccs3)cc2)CC1. The molecular formula is C24H23ClN2O2S. The Hall–Kier alpha value is -2.63. The molecule has 2 heterocycles. The van der Waals surface area contributed by atoms with Crippen LogP contribution in [0.3, 0.4) is 0 Å². The second-order valence-corrected chi connectivity index (χ2v) is 8.88. The van der Waals surface area contributed by atoms with Crippen molar-refractivity contribution in [2.45, 2.75) is 25.3 Å². The molecule has 0 aliphatic carbocycles. The predicted octanol–water partition coefficient (Wildman–Crippen LogP) is 5.03. The van der Waals surface area contributed by atoms with E-state index in [4.69, 9.17) is 11.6 Å². The lowest BCUT2D eigenvalue weighted by Crippen LogP contribution is -2.46. The Morgan fingerprint density at radius 2 is 1.80 bits per heavy atom. The molecule has 1 aliphatic rings. The molecule has 4 rings (SSSR count). The van der Waals surface area contributed by atoms with Gasteiger partial charge in [0.25, 0.3) is 5.91 Å². The zero-order chi connectivity index (χ0) is 20.9. The molecule has 0 saturated carbocycles. The molecule has 0 radical (unpaired) electrons. The maximum Gasteiger partial charge on any atom is 0.253 e. The first kappa shape index (κ1) is 20.6. The van der Waals surface area contributed by atoms with Crippen molar-refractivity contribution >= 4 is 34.8 Å². The molecule has 2 amide bonds. The fourth-order valence-corrected chi connectivity index (χ4v) is 4.69. The standard InChI is InChI=1S/C24H23ClN2O2S/c25-20-4-1-3-17(15-20)16-23(28)26-21-10-12-27(13-11-21)24(29)19-8-6-18(7-9-19)22-5-2-14-30-22/h1-9,14-15,21H,10-13,16H2,(H,26,28). The lowest BCUT2D eigenvalue weighted by atomic mass is 10.0. The predicted molar refractivity (Wildman–Crippen MR) is 122 cm³/mol. The minimum Gasteiger partial charge on any atom is -0.353 e. The molecule has 1 aliphatic heterocycles. The number of likely N-dealkylation sites (tertiary alicyclic amines) is 1. The van der Waals surface area contributed by atoms with Crippen LogP contribution < -0.4 is 5.32 Å². The number of nitrogens with one attached hydrogen (secondary N) is 1. The van der Waals surface area contributed by atoms with Crippen LogP contribution in [0.2, 0.25) is 5.02 Å². The van der Waals surface area contributed by atoms with E-state index in [9.17, 15) is 9.59 Å². The Morgan fingerprint density at radius 1 is 1.03 bits per heavy atom. The minimum atomic E-state index is -0.00814. The number of benzene rings is 2. The Kier molecular flexibility index (Phi) is 6.50.